The molecule has 1 aliphatic heterocycles. The third-order valence-corrected chi connectivity index (χ3v) is 2.96. The quantitative estimate of drug-likeness (QED) is 0.631. The first-order valence-corrected chi connectivity index (χ1v) is 4.80. The highest BCUT2D eigenvalue weighted by Gasteiger charge is 2.36. The monoisotopic (exact) mass is 202 g/mol. The van der Waals surface area contributed by atoms with Crippen LogP contribution in [0.1, 0.15) is 19.3 Å². The van der Waals surface area contributed by atoms with Crippen LogP contribution in [0.5, 0.6) is 0 Å². The van der Waals surface area contributed by atoms with Gasteiger partial charge in [0, 0.05) is 5.41 Å². The van der Waals surface area contributed by atoms with Crippen molar-refractivity contribution in [2.24, 2.45) is 11.3 Å². The molecule has 1 heterocycles. The second kappa shape index (κ2) is 4.72. The summed E-state index contributed by atoms with van der Waals surface area (Å²) in [6.07, 6.45) is 1.83. The van der Waals surface area contributed by atoms with Crippen LogP contribution in [0.15, 0.2) is 0 Å². The summed E-state index contributed by atoms with van der Waals surface area (Å²) in [6.45, 7) is 2.17. The van der Waals surface area contributed by atoms with Crippen LogP contribution in [0.4, 0.5) is 0 Å². The number of hydrogen-bond donors (Lipinski definition) is 2. The molecular weight excluding hydrogens is 184 g/mol. The number of nitrogens with zero attached hydrogens (tertiary/aromatic N) is 1. The normalized spacial score (nSPS) is 22.1. The van der Waals surface area contributed by atoms with Gasteiger partial charge in [-0.3, -0.25) is 4.79 Å². The van der Waals surface area contributed by atoms with Gasteiger partial charge in [0.1, 0.15) is 0 Å². The zero-order valence-electron chi connectivity index (χ0n) is 8.53. The molecule has 0 aromatic heterocycles. The first kappa shape index (κ1) is 11.4. The van der Waals surface area contributed by atoms with Crippen LogP contribution in [-0.4, -0.2) is 42.7 Å². The minimum absolute atomic E-state index is 0.151. The molecule has 1 saturated heterocycles. The van der Waals surface area contributed by atoms with Gasteiger partial charge in [-0.15, -0.1) is 0 Å². The Morgan fingerprint density at radius 3 is 2.57 bits per heavy atom. The van der Waals surface area contributed by atoms with Crippen molar-refractivity contribution in [1.82, 2.24) is 4.90 Å². The minimum Gasteiger partial charge on any atom is -0.481 e. The average molecular weight is 202 g/mol. The van der Waals surface area contributed by atoms with Gasteiger partial charge in [0.2, 0.25) is 0 Å². The highest BCUT2D eigenvalue weighted by Crippen LogP contribution is 2.34. The van der Waals surface area contributed by atoms with Crippen LogP contribution in [0.3, 0.4) is 0 Å². The number of carboxylic acids is 1. The van der Waals surface area contributed by atoms with Crippen LogP contribution >= 0.6 is 0 Å². The molecule has 1 aliphatic rings. The third-order valence-electron chi connectivity index (χ3n) is 2.96. The smallest absolute Gasteiger partial charge is 0.303 e. The maximum atomic E-state index is 10.7. The highest BCUT2D eigenvalue weighted by molar-refractivity contribution is 5.67. The SMILES string of the molecule is CN1CCC(CON)(CC(=O)O)CC1. The van der Waals surface area contributed by atoms with Crippen molar-refractivity contribution in [3.8, 4) is 0 Å². The summed E-state index contributed by atoms with van der Waals surface area (Å²) in [7, 11) is 2.04. The van der Waals surface area contributed by atoms with E-state index in [1.165, 1.54) is 0 Å². The van der Waals surface area contributed by atoms with Gasteiger partial charge in [0.15, 0.2) is 0 Å². The van der Waals surface area contributed by atoms with Crippen LogP contribution in [0.2, 0.25) is 0 Å². The molecule has 5 heteroatoms. The Morgan fingerprint density at radius 2 is 2.14 bits per heavy atom. The summed E-state index contributed by atoms with van der Waals surface area (Å²) in [5.41, 5.74) is -0.257. The highest BCUT2D eigenvalue weighted by atomic mass is 16.6. The maximum Gasteiger partial charge on any atom is 0.303 e. The van der Waals surface area contributed by atoms with Gasteiger partial charge in [0.05, 0.1) is 13.0 Å². The number of nitrogens with two attached hydrogens (primary N) is 1. The topological polar surface area (TPSA) is 75.8 Å². The Morgan fingerprint density at radius 1 is 1.57 bits per heavy atom. The Labute approximate surface area is 83.8 Å². The molecule has 0 radical (unpaired) electrons. The number of carboxylic acid groups (broad SMARTS) is 1. The van der Waals surface area contributed by atoms with Gasteiger partial charge in [-0.2, -0.15) is 0 Å². The van der Waals surface area contributed by atoms with E-state index in [0.717, 1.165) is 25.9 Å². The fraction of sp³-hybridized carbons (Fsp3) is 0.889. The molecule has 3 N–H and O–H groups in total. The summed E-state index contributed by atoms with van der Waals surface area (Å²) in [6, 6.07) is 0. The summed E-state index contributed by atoms with van der Waals surface area (Å²) in [4.78, 5) is 17.5. The first-order valence-electron chi connectivity index (χ1n) is 4.80. The average Bonchev–Trinajstić information content (AvgIpc) is 2.10. The number of rotatable bonds is 4. The molecule has 0 spiro atoms. The van der Waals surface area contributed by atoms with Crippen molar-refractivity contribution >= 4 is 5.97 Å². The standard InChI is InChI=1S/C9H18N2O3/c1-11-4-2-9(3-5-11,7-14-10)6-8(12)13/h2-7,10H2,1H3,(H,12,13). The fourth-order valence-corrected chi connectivity index (χ4v) is 1.96. The lowest BCUT2D eigenvalue weighted by Gasteiger charge is -2.38. The lowest BCUT2D eigenvalue weighted by molar-refractivity contribution is -0.142. The van der Waals surface area contributed by atoms with Gasteiger partial charge in [-0.05, 0) is 33.0 Å². The van der Waals surface area contributed by atoms with Crippen molar-refractivity contribution in [2.75, 3.05) is 26.7 Å². The largest absolute Gasteiger partial charge is 0.481 e. The van der Waals surface area contributed by atoms with E-state index in [0.29, 0.717) is 6.61 Å². The zero-order valence-corrected chi connectivity index (χ0v) is 8.53. The van der Waals surface area contributed by atoms with Crippen molar-refractivity contribution < 1.29 is 14.7 Å². The van der Waals surface area contributed by atoms with E-state index in [2.05, 4.69) is 9.74 Å². The molecule has 0 aliphatic carbocycles. The molecule has 1 rings (SSSR count). The molecule has 0 aromatic carbocycles. The van der Waals surface area contributed by atoms with Crippen LogP contribution in [0.25, 0.3) is 0 Å². The molecular formula is C9H18N2O3. The molecule has 0 atom stereocenters. The Kier molecular flexibility index (Phi) is 3.86. The van der Waals surface area contributed by atoms with Crippen molar-refractivity contribution in [1.29, 1.82) is 0 Å². The molecule has 0 saturated carbocycles. The summed E-state index contributed by atoms with van der Waals surface area (Å²) >= 11 is 0. The number of carbonyl (C=O) groups is 1. The van der Waals surface area contributed by atoms with Gasteiger partial charge < -0.3 is 14.8 Å². The molecule has 0 bridgehead atoms. The molecule has 0 aromatic rings. The zero-order chi connectivity index (χ0) is 10.6. The second-order valence-corrected chi connectivity index (χ2v) is 4.18. The number of likely N-dealkylation sites (tertiary alicyclic amines) is 1. The Balaban J connectivity index is 2.57. The van der Waals surface area contributed by atoms with E-state index >= 15 is 0 Å². The lowest BCUT2D eigenvalue weighted by atomic mass is 9.76. The van der Waals surface area contributed by atoms with Crippen LogP contribution in [0, 0.1) is 5.41 Å². The summed E-state index contributed by atoms with van der Waals surface area (Å²) in [5.74, 6) is 4.28. The predicted molar refractivity (Wildman–Crippen MR) is 51.6 cm³/mol. The van der Waals surface area contributed by atoms with Gasteiger partial charge in [-0.1, -0.05) is 0 Å². The molecule has 5 nitrogen and oxygen atoms in total. The van der Waals surface area contributed by atoms with E-state index in [4.69, 9.17) is 11.0 Å². The van der Waals surface area contributed by atoms with Crippen molar-refractivity contribution in [3.05, 3.63) is 0 Å². The maximum absolute atomic E-state index is 10.7. The molecule has 1 fully saturated rings. The Hall–Kier alpha value is -0.650. The van der Waals surface area contributed by atoms with Crippen molar-refractivity contribution in [3.63, 3.8) is 0 Å². The predicted octanol–water partition coefficient (Wildman–Crippen LogP) is 0.0634. The summed E-state index contributed by atoms with van der Waals surface area (Å²) < 4.78 is 0. The lowest BCUT2D eigenvalue weighted by Crippen LogP contribution is -2.42. The number of piperidine rings is 1. The van der Waals surface area contributed by atoms with Gasteiger partial charge in [0.25, 0.3) is 0 Å². The van der Waals surface area contributed by atoms with Crippen LogP contribution < -0.4 is 5.90 Å². The van der Waals surface area contributed by atoms with Crippen LogP contribution in [-0.2, 0) is 9.63 Å². The van der Waals surface area contributed by atoms with E-state index in [-0.39, 0.29) is 11.8 Å². The fourth-order valence-electron chi connectivity index (χ4n) is 1.96. The van der Waals surface area contributed by atoms with Gasteiger partial charge in [-0.25, -0.2) is 5.90 Å². The molecule has 0 amide bonds. The van der Waals surface area contributed by atoms with E-state index < -0.39 is 5.97 Å². The van der Waals surface area contributed by atoms with E-state index in [9.17, 15) is 4.79 Å². The molecule has 0 unspecified atom stereocenters. The summed E-state index contributed by atoms with van der Waals surface area (Å²) in [5, 5.41) is 8.81. The van der Waals surface area contributed by atoms with Crippen molar-refractivity contribution in [2.45, 2.75) is 19.3 Å². The number of hydrogen-bond acceptors (Lipinski definition) is 4. The van der Waals surface area contributed by atoms with E-state index in [1.54, 1.807) is 0 Å². The second-order valence-electron chi connectivity index (χ2n) is 4.18. The number of aliphatic carboxylic acids is 1. The third kappa shape index (κ3) is 2.94. The van der Waals surface area contributed by atoms with E-state index in [1.807, 2.05) is 7.05 Å². The van der Waals surface area contributed by atoms with Gasteiger partial charge >= 0.3 is 5.97 Å². The minimum atomic E-state index is -0.772. The molecule has 82 valence electrons. The Bertz CT molecular complexity index is 200. The first-order chi connectivity index (χ1) is 6.58. The molecule has 14 heavy (non-hydrogen) atoms.